The first-order valence-corrected chi connectivity index (χ1v) is 8.20. The van der Waals surface area contributed by atoms with E-state index in [0.29, 0.717) is 5.92 Å². The fourth-order valence-electron chi connectivity index (χ4n) is 3.53. The maximum Gasteiger partial charge on any atom is 0.132 e. The van der Waals surface area contributed by atoms with E-state index in [4.69, 9.17) is 10.1 Å². The second kappa shape index (κ2) is 6.71. The molecule has 5 nitrogen and oxygen atoms in total. The molecule has 0 amide bonds. The van der Waals surface area contributed by atoms with Gasteiger partial charge in [-0.05, 0) is 39.2 Å². The summed E-state index contributed by atoms with van der Waals surface area (Å²) < 4.78 is 0. The van der Waals surface area contributed by atoms with Gasteiger partial charge in [0.1, 0.15) is 11.6 Å². The third-order valence-electron chi connectivity index (χ3n) is 4.61. The predicted molar refractivity (Wildman–Crippen MR) is 83.7 cm³/mol. The maximum absolute atomic E-state index is 9.13. The number of hydrogen-bond acceptors (Lipinski definition) is 5. The van der Waals surface area contributed by atoms with Crippen molar-refractivity contribution in [1.82, 2.24) is 14.9 Å². The Kier molecular flexibility index (Phi) is 4.70. The zero-order chi connectivity index (χ0) is 14.7. The van der Waals surface area contributed by atoms with Gasteiger partial charge in [-0.3, -0.25) is 0 Å². The van der Waals surface area contributed by atoms with Crippen LogP contribution in [0.25, 0.3) is 0 Å². The summed E-state index contributed by atoms with van der Waals surface area (Å²) in [6.07, 6.45) is 4.92. The molecule has 3 heterocycles. The van der Waals surface area contributed by atoms with E-state index in [2.05, 4.69) is 20.9 Å². The van der Waals surface area contributed by atoms with Crippen molar-refractivity contribution in [3.8, 4) is 0 Å². The molecule has 0 spiro atoms. The number of likely N-dealkylation sites (tertiary alicyclic amines) is 1. The highest BCUT2D eigenvalue weighted by Crippen LogP contribution is 2.28. The van der Waals surface area contributed by atoms with Crippen LogP contribution in [0.4, 0.5) is 5.82 Å². The molecule has 2 fully saturated rings. The molecule has 0 radical (unpaired) electrons. The number of nitrogens with zero attached hydrogens (tertiary/aromatic N) is 4. The van der Waals surface area contributed by atoms with Crippen LogP contribution in [0.2, 0.25) is 0 Å². The average Bonchev–Trinajstić information content (AvgIpc) is 3.01. The predicted octanol–water partition coefficient (Wildman–Crippen LogP) is 1.56. The molecule has 5 heteroatoms. The number of piperidine rings is 1. The molecule has 2 aliphatic rings. The van der Waals surface area contributed by atoms with Gasteiger partial charge < -0.3 is 14.9 Å². The molecule has 0 aromatic carbocycles. The van der Waals surface area contributed by atoms with Crippen molar-refractivity contribution in [2.24, 2.45) is 0 Å². The van der Waals surface area contributed by atoms with Crippen LogP contribution in [0.1, 0.15) is 43.1 Å². The topological polar surface area (TPSA) is 52.5 Å². The van der Waals surface area contributed by atoms with E-state index in [1.54, 1.807) is 0 Å². The van der Waals surface area contributed by atoms with Crippen LogP contribution in [0.3, 0.4) is 0 Å². The van der Waals surface area contributed by atoms with Gasteiger partial charge in [0.25, 0.3) is 0 Å². The number of aryl methyl sites for hydroxylation is 1. The molecule has 0 bridgehead atoms. The molecule has 1 aromatic heterocycles. The van der Waals surface area contributed by atoms with Gasteiger partial charge in [0, 0.05) is 38.2 Å². The van der Waals surface area contributed by atoms with Crippen LogP contribution < -0.4 is 4.90 Å². The van der Waals surface area contributed by atoms with Crippen LogP contribution >= 0.6 is 0 Å². The summed E-state index contributed by atoms with van der Waals surface area (Å²) in [7, 11) is 0. The summed E-state index contributed by atoms with van der Waals surface area (Å²) in [4.78, 5) is 14.1. The number of β-amino-alcohol motifs (C(OH)–C–C–N with tert-alkyl or cyclic N) is 1. The normalized spacial score (nSPS) is 23.7. The molecule has 21 heavy (non-hydrogen) atoms. The number of aliphatic hydroxyl groups is 1. The van der Waals surface area contributed by atoms with Crippen molar-refractivity contribution in [3.05, 3.63) is 17.6 Å². The van der Waals surface area contributed by atoms with Gasteiger partial charge in [0.15, 0.2) is 0 Å². The van der Waals surface area contributed by atoms with Crippen LogP contribution in [-0.4, -0.2) is 59.3 Å². The molecule has 1 atom stereocenters. The third kappa shape index (κ3) is 3.52. The summed E-state index contributed by atoms with van der Waals surface area (Å²) in [5, 5.41) is 9.13. The summed E-state index contributed by atoms with van der Waals surface area (Å²) in [6, 6.07) is 2.20. The highest BCUT2D eigenvalue weighted by atomic mass is 16.3. The van der Waals surface area contributed by atoms with Gasteiger partial charge in [-0.15, -0.1) is 0 Å². The summed E-state index contributed by atoms with van der Waals surface area (Å²) in [5.74, 6) is 2.47. The van der Waals surface area contributed by atoms with E-state index in [9.17, 15) is 0 Å². The molecule has 0 saturated carbocycles. The third-order valence-corrected chi connectivity index (χ3v) is 4.61. The molecule has 116 valence electrons. The van der Waals surface area contributed by atoms with Crippen molar-refractivity contribution in [2.75, 3.05) is 44.2 Å². The molecular formula is C16H26N4O. The van der Waals surface area contributed by atoms with Gasteiger partial charge in [-0.1, -0.05) is 0 Å². The number of aliphatic hydroxyl groups excluding tert-OH is 1. The van der Waals surface area contributed by atoms with Crippen molar-refractivity contribution in [3.63, 3.8) is 0 Å². The Labute approximate surface area is 127 Å². The molecule has 3 rings (SSSR count). The van der Waals surface area contributed by atoms with Gasteiger partial charge in [-0.25, -0.2) is 9.97 Å². The van der Waals surface area contributed by atoms with Crippen molar-refractivity contribution >= 4 is 5.82 Å². The Morgan fingerprint density at radius 3 is 2.76 bits per heavy atom. The fraction of sp³-hybridized carbons (Fsp3) is 0.750. The molecule has 1 aromatic rings. The Morgan fingerprint density at radius 2 is 2.00 bits per heavy atom. The van der Waals surface area contributed by atoms with E-state index in [1.165, 1.54) is 31.4 Å². The van der Waals surface area contributed by atoms with Gasteiger partial charge in [0.2, 0.25) is 0 Å². The minimum Gasteiger partial charge on any atom is -0.395 e. The standard InChI is InChI=1S/C16H26N4O/c1-13-17-15(11-16(18-13)20-7-2-3-8-20)14-5-4-6-19(12-14)9-10-21/h11,14,21H,2-10,12H2,1H3/t14-/m1/s1. The molecule has 2 saturated heterocycles. The van der Waals surface area contributed by atoms with E-state index in [1.807, 2.05) is 6.92 Å². The second-order valence-corrected chi connectivity index (χ2v) is 6.26. The second-order valence-electron chi connectivity index (χ2n) is 6.26. The summed E-state index contributed by atoms with van der Waals surface area (Å²) >= 11 is 0. The van der Waals surface area contributed by atoms with Gasteiger partial charge in [0.05, 0.1) is 12.3 Å². The molecule has 0 unspecified atom stereocenters. The first kappa shape index (κ1) is 14.7. The highest BCUT2D eigenvalue weighted by Gasteiger charge is 2.24. The summed E-state index contributed by atoms with van der Waals surface area (Å²) in [5.41, 5.74) is 1.19. The number of hydrogen-bond donors (Lipinski definition) is 1. The van der Waals surface area contributed by atoms with Crippen LogP contribution in [0, 0.1) is 6.92 Å². The number of anilines is 1. The lowest BCUT2D eigenvalue weighted by Crippen LogP contribution is -2.36. The Morgan fingerprint density at radius 1 is 1.19 bits per heavy atom. The lowest BCUT2D eigenvalue weighted by molar-refractivity contribution is 0.160. The fourth-order valence-corrected chi connectivity index (χ4v) is 3.53. The number of aromatic nitrogens is 2. The lowest BCUT2D eigenvalue weighted by Gasteiger charge is -2.32. The van der Waals surface area contributed by atoms with E-state index < -0.39 is 0 Å². The van der Waals surface area contributed by atoms with Crippen molar-refractivity contribution in [2.45, 2.75) is 38.5 Å². The van der Waals surface area contributed by atoms with E-state index in [0.717, 1.165) is 44.4 Å². The smallest absolute Gasteiger partial charge is 0.132 e. The average molecular weight is 290 g/mol. The van der Waals surface area contributed by atoms with Crippen LogP contribution in [0.15, 0.2) is 6.07 Å². The number of rotatable bonds is 4. The van der Waals surface area contributed by atoms with Gasteiger partial charge in [-0.2, -0.15) is 0 Å². The van der Waals surface area contributed by atoms with Gasteiger partial charge >= 0.3 is 0 Å². The zero-order valence-corrected chi connectivity index (χ0v) is 13.0. The molecule has 2 aliphatic heterocycles. The molecular weight excluding hydrogens is 264 g/mol. The van der Waals surface area contributed by atoms with Crippen molar-refractivity contribution < 1.29 is 5.11 Å². The quantitative estimate of drug-likeness (QED) is 0.912. The minimum absolute atomic E-state index is 0.245. The monoisotopic (exact) mass is 290 g/mol. The Balaban J connectivity index is 1.77. The Hall–Kier alpha value is -1.20. The zero-order valence-electron chi connectivity index (χ0n) is 13.0. The summed E-state index contributed by atoms with van der Waals surface area (Å²) in [6.45, 7) is 7.37. The molecule has 1 N–H and O–H groups in total. The largest absolute Gasteiger partial charge is 0.395 e. The Bertz CT molecular complexity index is 471. The van der Waals surface area contributed by atoms with E-state index in [-0.39, 0.29) is 6.61 Å². The maximum atomic E-state index is 9.13. The van der Waals surface area contributed by atoms with E-state index >= 15 is 0 Å². The van der Waals surface area contributed by atoms with Crippen LogP contribution in [-0.2, 0) is 0 Å². The minimum atomic E-state index is 0.245. The highest BCUT2D eigenvalue weighted by molar-refractivity contribution is 5.41. The van der Waals surface area contributed by atoms with Crippen LogP contribution in [0.5, 0.6) is 0 Å². The first-order valence-electron chi connectivity index (χ1n) is 8.20. The SMILES string of the molecule is Cc1nc([C@@H]2CCCN(CCO)C2)cc(N2CCCC2)n1. The first-order chi connectivity index (χ1) is 10.3. The molecule has 0 aliphatic carbocycles. The lowest BCUT2D eigenvalue weighted by atomic mass is 9.94. The van der Waals surface area contributed by atoms with Crippen molar-refractivity contribution in [1.29, 1.82) is 0 Å².